The summed E-state index contributed by atoms with van der Waals surface area (Å²) in [7, 11) is 0. The minimum Gasteiger partial charge on any atom is -0.389 e. The van der Waals surface area contributed by atoms with Crippen molar-refractivity contribution in [1.29, 1.82) is 0 Å². The first-order valence-electron chi connectivity index (χ1n) is 3.10. The van der Waals surface area contributed by atoms with E-state index in [1.54, 1.807) is 19.2 Å². The van der Waals surface area contributed by atoms with E-state index in [1.165, 1.54) is 0 Å². The summed E-state index contributed by atoms with van der Waals surface area (Å²) >= 11 is 8.87. The maximum Gasteiger partial charge on any atom is 0.129 e. The van der Waals surface area contributed by atoms with E-state index < -0.39 is 6.10 Å². The third kappa shape index (κ3) is 2.15. The molecule has 1 atom stereocenters. The molecule has 1 N–H and O–H groups in total. The zero-order chi connectivity index (χ0) is 8.43. The maximum atomic E-state index is 9.21. The minimum atomic E-state index is -0.523. The van der Waals surface area contributed by atoms with E-state index in [-0.39, 0.29) is 0 Å². The Bertz CT molecular complexity index is 265. The predicted octanol–water partition coefficient (Wildman–Crippen LogP) is 2.55. The van der Waals surface area contributed by atoms with Gasteiger partial charge in [0.05, 0.1) is 6.10 Å². The van der Waals surface area contributed by atoms with Crippen LogP contribution in [-0.4, -0.2) is 10.1 Å². The summed E-state index contributed by atoms with van der Waals surface area (Å²) in [4.78, 5) is 3.83. The van der Waals surface area contributed by atoms with Gasteiger partial charge in [0.25, 0.3) is 0 Å². The first kappa shape index (κ1) is 8.97. The highest BCUT2D eigenvalue weighted by Crippen LogP contribution is 2.24. The summed E-state index contributed by atoms with van der Waals surface area (Å²) in [6.07, 6.45) is 1.05. The number of aliphatic hydroxyl groups is 1. The Morgan fingerprint density at radius 1 is 1.73 bits per heavy atom. The number of rotatable bonds is 1. The van der Waals surface area contributed by atoms with Crippen molar-refractivity contribution in [1.82, 2.24) is 4.98 Å². The lowest BCUT2D eigenvalue weighted by Crippen LogP contribution is -1.93. The monoisotopic (exact) mass is 235 g/mol. The van der Waals surface area contributed by atoms with Gasteiger partial charge in [-0.15, -0.1) is 0 Å². The van der Waals surface area contributed by atoms with E-state index in [0.717, 1.165) is 10.0 Å². The van der Waals surface area contributed by atoms with E-state index in [1.807, 2.05) is 0 Å². The molecule has 0 saturated heterocycles. The molecule has 0 aliphatic heterocycles. The van der Waals surface area contributed by atoms with Crippen LogP contribution in [0.15, 0.2) is 16.7 Å². The molecule has 4 heteroatoms. The summed E-state index contributed by atoms with van der Waals surface area (Å²) < 4.78 is 0.775. The number of aromatic nitrogens is 1. The molecule has 0 aliphatic carbocycles. The summed E-state index contributed by atoms with van der Waals surface area (Å²) in [5.74, 6) is 0. The molecule has 0 radical (unpaired) electrons. The molecule has 11 heavy (non-hydrogen) atoms. The highest BCUT2D eigenvalue weighted by molar-refractivity contribution is 9.10. The highest BCUT2D eigenvalue weighted by Gasteiger charge is 2.06. The molecule has 0 bridgehead atoms. The van der Waals surface area contributed by atoms with Gasteiger partial charge in [-0.2, -0.15) is 0 Å². The lowest BCUT2D eigenvalue weighted by atomic mass is 10.2. The number of pyridine rings is 1. The molecule has 60 valence electrons. The maximum absolute atomic E-state index is 9.21. The molecular weight excluding hydrogens is 229 g/mol. The largest absolute Gasteiger partial charge is 0.389 e. The van der Waals surface area contributed by atoms with Crippen molar-refractivity contribution in [3.63, 3.8) is 0 Å². The van der Waals surface area contributed by atoms with Crippen LogP contribution in [0.25, 0.3) is 0 Å². The van der Waals surface area contributed by atoms with E-state index in [4.69, 9.17) is 11.6 Å². The van der Waals surface area contributed by atoms with Gasteiger partial charge in [0.1, 0.15) is 5.15 Å². The normalized spacial score (nSPS) is 13.1. The van der Waals surface area contributed by atoms with Gasteiger partial charge < -0.3 is 5.11 Å². The van der Waals surface area contributed by atoms with E-state index in [9.17, 15) is 5.11 Å². The standard InChI is InChI=1S/C7H7BrClNO/c1-4(11)5-2-7(9)10-3-6(5)8/h2-4,11H,1H3/t4-/m1/s1. The van der Waals surface area contributed by atoms with Crippen LogP contribution in [0.1, 0.15) is 18.6 Å². The lowest BCUT2D eigenvalue weighted by Gasteiger charge is -2.06. The van der Waals surface area contributed by atoms with Crippen LogP contribution in [0, 0.1) is 0 Å². The van der Waals surface area contributed by atoms with Gasteiger partial charge in [-0.1, -0.05) is 11.6 Å². The van der Waals surface area contributed by atoms with Crippen LogP contribution < -0.4 is 0 Å². The van der Waals surface area contributed by atoms with Gasteiger partial charge in [0, 0.05) is 10.7 Å². The summed E-state index contributed by atoms with van der Waals surface area (Å²) in [5, 5.41) is 9.61. The smallest absolute Gasteiger partial charge is 0.129 e. The Labute approximate surface area is 78.3 Å². The van der Waals surface area contributed by atoms with Crippen LogP contribution in [0.2, 0.25) is 5.15 Å². The second-order valence-corrected chi connectivity index (χ2v) is 3.45. The molecule has 1 aromatic rings. The van der Waals surface area contributed by atoms with Gasteiger partial charge in [0.2, 0.25) is 0 Å². The third-order valence-corrected chi connectivity index (χ3v) is 2.17. The quantitative estimate of drug-likeness (QED) is 0.760. The number of hydrogen-bond acceptors (Lipinski definition) is 2. The van der Waals surface area contributed by atoms with Crippen LogP contribution in [-0.2, 0) is 0 Å². The van der Waals surface area contributed by atoms with Gasteiger partial charge >= 0.3 is 0 Å². The second-order valence-electron chi connectivity index (χ2n) is 2.20. The zero-order valence-electron chi connectivity index (χ0n) is 5.88. The van der Waals surface area contributed by atoms with Crippen molar-refractivity contribution >= 4 is 27.5 Å². The van der Waals surface area contributed by atoms with Crippen LogP contribution >= 0.6 is 27.5 Å². The van der Waals surface area contributed by atoms with Gasteiger partial charge in [-0.3, -0.25) is 0 Å². The fourth-order valence-electron chi connectivity index (χ4n) is 0.748. The van der Waals surface area contributed by atoms with E-state index >= 15 is 0 Å². The fourth-order valence-corrected chi connectivity index (χ4v) is 1.46. The summed E-state index contributed by atoms with van der Waals surface area (Å²) in [6, 6.07) is 1.64. The first-order valence-corrected chi connectivity index (χ1v) is 4.27. The molecule has 0 saturated carbocycles. The Balaban J connectivity index is 3.13. The predicted molar refractivity (Wildman–Crippen MR) is 47.6 cm³/mol. The zero-order valence-corrected chi connectivity index (χ0v) is 8.22. The van der Waals surface area contributed by atoms with E-state index in [2.05, 4.69) is 20.9 Å². The Morgan fingerprint density at radius 3 is 2.82 bits per heavy atom. The molecule has 1 rings (SSSR count). The second kappa shape index (κ2) is 3.52. The number of halogens is 2. The van der Waals surface area contributed by atoms with Crippen LogP contribution in [0.3, 0.4) is 0 Å². The molecule has 0 aromatic carbocycles. The topological polar surface area (TPSA) is 33.1 Å². The van der Waals surface area contributed by atoms with Crippen LogP contribution in [0.4, 0.5) is 0 Å². The molecule has 1 aromatic heterocycles. The van der Waals surface area contributed by atoms with Crippen molar-refractivity contribution in [2.24, 2.45) is 0 Å². The van der Waals surface area contributed by atoms with Crippen molar-refractivity contribution in [2.75, 3.05) is 0 Å². The SMILES string of the molecule is C[C@@H](O)c1cc(Cl)ncc1Br. The molecule has 0 unspecified atom stereocenters. The molecule has 1 heterocycles. The first-order chi connectivity index (χ1) is 5.11. The van der Waals surface area contributed by atoms with Gasteiger partial charge in [0.15, 0.2) is 0 Å². The number of aliphatic hydroxyl groups excluding tert-OH is 1. The summed E-state index contributed by atoms with van der Waals surface area (Å²) in [6.45, 7) is 1.68. The highest BCUT2D eigenvalue weighted by atomic mass is 79.9. The molecule has 0 spiro atoms. The molecule has 0 amide bonds. The average molecular weight is 236 g/mol. The Kier molecular flexibility index (Phi) is 2.87. The number of hydrogen-bond donors (Lipinski definition) is 1. The Hall–Kier alpha value is -0.120. The van der Waals surface area contributed by atoms with Crippen molar-refractivity contribution < 1.29 is 5.11 Å². The molecule has 0 aliphatic rings. The van der Waals surface area contributed by atoms with Crippen molar-refractivity contribution in [3.8, 4) is 0 Å². The molecular formula is C7H7BrClNO. The minimum absolute atomic E-state index is 0.393. The van der Waals surface area contributed by atoms with Gasteiger partial charge in [-0.05, 0) is 34.5 Å². The third-order valence-electron chi connectivity index (χ3n) is 1.30. The number of nitrogens with zero attached hydrogens (tertiary/aromatic N) is 1. The average Bonchev–Trinajstić information content (AvgIpc) is 1.94. The Morgan fingerprint density at radius 2 is 2.36 bits per heavy atom. The van der Waals surface area contributed by atoms with Gasteiger partial charge in [-0.25, -0.2) is 4.98 Å². The molecule has 2 nitrogen and oxygen atoms in total. The van der Waals surface area contributed by atoms with E-state index in [0.29, 0.717) is 5.15 Å². The van der Waals surface area contributed by atoms with Crippen molar-refractivity contribution in [3.05, 3.63) is 27.5 Å². The van der Waals surface area contributed by atoms with Crippen LogP contribution in [0.5, 0.6) is 0 Å². The lowest BCUT2D eigenvalue weighted by molar-refractivity contribution is 0.198. The summed E-state index contributed by atoms with van der Waals surface area (Å²) in [5.41, 5.74) is 0.755. The fraction of sp³-hybridized carbons (Fsp3) is 0.286. The van der Waals surface area contributed by atoms with Crippen molar-refractivity contribution in [2.45, 2.75) is 13.0 Å². The molecule has 0 fully saturated rings.